The van der Waals surface area contributed by atoms with Crippen LogP contribution in [0.4, 0.5) is 0 Å². The number of nitrogens with one attached hydrogen (secondary N) is 1. The maximum atomic E-state index is 5.35. The molecule has 3 nitrogen and oxygen atoms in total. The summed E-state index contributed by atoms with van der Waals surface area (Å²) in [5.41, 5.74) is 2.58. The number of hydrogen-bond acceptors (Lipinski definition) is 3. The first-order valence-electron chi connectivity index (χ1n) is 3.65. The van der Waals surface area contributed by atoms with E-state index in [0.29, 0.717) is 6.54 Å². The van der Waals surface area contributed by atoms with Crippen molar-refractivity contribution in [3.05, 3.63) is 19.2 Å². The van der Waals surface area contributed by atoms with Crippen molar-refractivity contribution in [3.63, 3.8) is 0 Å². The van der Waals surface area contributed by atoms with E-state index in [0.717, 1.165) is 19.0 Å². The minimum atomic E-state index is 0.715. The van der Waals surface area contributed by atoms with Gasteiger partial charge in [-0.15, -0.1) is 11.3 Å². The van der Waals surface area contributed by atoms with Crippen molar-refractivity contribution in [2.45, 2.75) is 6.92 Å². The molecule has 0 aliphatic rings. The van der Waals surface area contributed by atoms with Crippen LogP contribution < -0.4 is 11.3 Å². The summed E-state index contributed by atoms with van der Waals surface area (Å²) in [5.74, 6) is 6.07. The Hall–Kier alpha value is 0.0900. The highest BCUT2D eigenvalue weighted by molar-refractivity contribution is 9.13. The van der Waals surface area contributed by atoms with E-state index in [1.54, 1.807) is 11.3 Å². The molecular weight excluding hydrogens is 318 g/mol. The van der Waals surface area contributed by atoms with Crippen LogP contribution in [0.15, 0.2) is 19.3 Å². The first-order chi connectivity index (χ1) is 6.19. The van der Waals surface area contributed by atoms with E-state index >= 15 is 0 Å². The Kier molecular flexibility index (Phi) is 4.37. The normalized spacial score (nSPS) is 11.8. The lowest BCUT2D eigenvalue weighted by molar-refractivity contribution is 0.995. The molecular formula is C7H9Br2N3S. The Bertz CT molecular complexity index is 302. The van der Waals surface area contributed by atoms with Gasteiger partial charge in [0.25, 0.3) is 0 Å². The van der Waals surface area contributed by atoms with E-state index < -0.39 is 0 Å². The Labute approximate surface area is 97.7 Å². The molecule has 6 heteroatoms. The van der Waals surface area contributed by atoms with Gasteiger partial charge >= 0.3 is 0 Å². The molecule has 3 N–H and O–H groups in total. The maximum absolute atomic E-state index is 5.35. The van der Waals surface area contributed by atoms with Crippen LogP contribution in [0.5, 0.6) is 0 Å². The summed E-state index contributed by atoms with van der Waals surface area (Å²) in [6.45, 7) is 2.68. The van der Waals surface area contributed by atoms with Crippen LogP contribution in [0.25, 0.3) is 0 Å². The monoisotopic (exact) mass is 325 g/mol. The van der Waals surface area contributed by atoms with Gasteiger partial charge in [-0.05, 0) is 44.8 Å². The molecule has 0 atom stereocenters. The Morgan fingerprint density at radius 1 is 1.69 bits per heavy atom. The van der Waals surface area contributed by atoms with Crippen LogP contribution in [0.1, 0.15) is 11.8 Å². The van der Waals surface area contributed by atoms with E-state index in [9.17, 15) is 0 Å². The van der Waals surface area contributed by atoms with E-state index in [2.05, 4.69) is 42.3 Å². The molecule has 1 heterocycles. The van der Waals surface area contributed by atoms with Crippen molar-refractivity contribution in [2.75, 3.05) is 6.54 Å². The van der Waals surface area contributed by atoms with Crippen molar-refractivity contribution < 1.29 is 0 Å². The number of amidine groups is 1. The largest absolute Gasteiger partial charge is 0.308 e. The number of nitrogens with zero attached hydrogens (tertiary/aromatic N) is 1. The summed E-state index contributed by atoms with van der Waals surface area (Å²) in [7, 11) is 0. The van der Waals surface area contributed by atoms with Crippen molar-refractivity contribution in [1.82, 2.24) is 5.43 Å². The van der Waals surface area contributed by atoms with Gasteiger partial charge in [0.15, 0.2) is 5.84 Å². The molecule has 0 radical (unpaired) electrons. The maximum Gasteiger partial charge on any atom is 0.152 e. The lowest BCUT2D eigenvalue weighted by Crippen LogP contribution is -2.30. The number of halogens is 2. The molecule has 1 aromatic heterocycles. The molecule has 0 amide bonds. The number of aliphatic imine (C=N–C) groups is 1. The Morgan fingerprint density at radius 2 is 2.38 bits per heavy atom. The predicted molar refractivity (Wildman–Crippen MR) is 64.1 cm³/mol. The van der Waals surface area contributed by atoms with Crippen molar-refractivity contribution in [2.24, 2.45) is 10.8 Å². The highest BCUT2D eigenvalue weighted by Crippen LogP contribution is 2.32. The van der Waals surface area contributed by atoms with E-state index in [-0.39, 0.29) is 0 Å². The minimum Gasteiger partial charge on any atom is -0.308 e. The van der Waals surface area contributed by atoms with Crippen molar-refractivity contribution >= 4 is 49.0 Å². The van der Waals surface area contributed by atoms with Gasteiger partial charge in [-0.1, -0.05) is 0 Å². The fraction of sp³-hybridized carbons (Fsp3) is 0.286. The number of thiophene rings is 1. The van der Waals surface area contributed by atoms with E-state index in [1.165, 1.54) is 0 Å². The van der Waals surface area contributed by atoms with Gasteiger partial charge < -0.3 is 5.43 Å². The molecule has 0 saturated carbocycles. The summed E-state index contributed by atoms with van der Waals surface area (Å²) < 4.78 is 2.06. The molecule has 0 saturated heterocycles. The Balaban J connectivity index is 2.99. The second kappa shape index (κ2) is 5.09. The second-order valence-electron chi connectivity index (χ2n) is 2.20. The average Bonchev–Trinajstić information content (AvgIpc) is 2.43. The summed E-state index contributed by atoms with van der Waals surface area (Å²) in [6, 6.07) is 1.98. The highest BCUT2D eigenvalue weighted by atomic mass is 79.9. The van der Waals surface area contributed by atoms with Gasteiger partial charge in [0.1, 0.15) is 0 Å². The van der Waals surface area contributed by atoms with E-state index in [4.69, 9.17) is 5.84 Å². The summed E-state index contributed by atoms with van der Waals surface area (Å²) >= 11 is 8.40. The van der Waals surface area contributed by atoms with Crippen molar-refractivity contribution in [3.8, 4) is 0 Å². The van der Waals surface area contributed by atoms with Crippen molar-refractivity contribution in [1.29, 1.82) is 0 Å². The van der Waals surface area contributed by atoms with Crippen LogP contribution in [0, 0.1) is 0 Å². The quantitative estimate of drug-likeness (QED) is 0.380. The predicted octanol–water partition coefficient (Wildman–Crippen LogP) is 2.50. The number of rotatable bonds is 2. The second-order valence-corrected chi connectivity index (χ2v) is 5.42. The molecule has 0 bridgehead atoms. The van der Waals surface area contributed by atoms with Crippen LogP contribution in [-0.2, 0) is 0 Å². The molecule has 13 heavy (non-hydrogen) atoms. The topological polar surface area (TPSA) is 50.4 Å². The van der Waals surface area contributed by atoms with Crippen LogP contribution >= 0.6 is 43.2 Å². The zero-order valence-electron chi connectivity index (χ0n) is 6.97. The first kappa shape index (κ1) is 11.2. The molecule has 0 unspecified atom stereocenters. The Morgan fingerprint density at radius 3 is 2.77 bits per heavy atom. The number of hydrazine groups is 1. The smallest absolute Gasteiger partial charge is 0.152 e. The van der Waals surface area contributed by atoms with Gasteiger partial charge in [-0.2, -0.15) is 0 Å². The standard InChI is InChI=1S/C7H9Br2N3S/c1-2-11-7(12-10)5-3-4(8)6(9)13-5/h3H,2,10H2,1H3,(H,11,12). The van der Waals surface area contributed by atoms with Gasteiger partial charge in [-0.3, -0.25) is 4.99 Å². The van der Waals surface area contributed by atoms with Gasteiger partial charge in [-0.25, -0.2) is 5.84 Å². The van der Waals surface area contributed by atoms with Gasteiger partial charge in [0.2, 0.25) is 0 Å². The SMILES string of the molecule is CCN=C(NN)c1cc(Br)c(Br)s1. The highest BCUT2D eigenvalue weighted by Gasteiger charge is 2.08. The summed E-state index contributed by atoms with van der Waals surface area (Å²) in [6.07, 6.45) is 0. The third-order valence-electron chi connectivity index (χ3n) is 1.33. The van der Waals surface area contributed by atoms with Crippen LogP contribution in [0.3, 0.4) is 0 Å². The fourth-order valence-corrected chi connectivity index (χ4v) is 2.82. The van der Waals surface area contributed by atoms with E-state index in [1.807, 2.05) is 13.0 Å². The third-order valence-corrected chi connectivity index (χ3v) is 4.59. The molecule has 1 rings (SSSR count). The molecule has 72 valence electrons. The number of nitrogens with two attached hydrogens (primary N) is 1. The molecule has 0 aliphatic heterocycles. The number of hydrogen-bond donors (Lipinski definition) is 2. The minimum absolute atomic E-state index is 0.715. The average molecular weight is 327 g/mol. The van der Waals surface area contributed by atoms with Gasteiger partial charge in [0, 0.05) is 11.0 Å². The molecule has 0 aliphatic carbocycles. The molecule has 0 fully saturated rings. The third kappa shape index (κ3) is 2.77. The zero-order chi connectivity index (χ0) is 9.84. The summed E-state index contributed by atoms with van der Waals surface area (Å²) in [4.78, 5) is 5.23. The fourth-order valence-electron chi connectivity index (χ4n) is 0.816. The molecule has 0 aromatic carbocycles. The van der Waals surface area contributed by atoms with Crippen LogP contribution in [0.2, 0.25) is 0 Å². The lowest BCUT2D eigenvalue weighted by atomic mass is 10.4. The zero-order valence-corrected chi connectivity index (χ0v) is 11.0. The first-order valence-corrected chi connectivity index (χ1v) is 6.05. The molecule has 1 aromatic rings. The summed E-state index contributed by atoms with van der Waals surface area (Å²) in [5, 5.41) is 0. The van der Waals surface area contributed by atoms with Gasteiger partial charge in [0.05, 0.1) is 8.66 Å². The lowest BCUT2D eigenvalue weighted by Gasteiger charge is -2.00. The van der Waals surface area contributed by atoms with Crippen LogP contribution in [-0.4, -0.2) is 12.4 Å². The molecule has 0 spiro atoms.